The summed E-state index contributed by atoms with van der Waals surface area (Å²) < 4.78 is 0. The summed E-state index contributed by atoms with van der Waals surface area (Å²) in [6.45, 7) is 4.29. The number of rotatable bonds is 4. The van der Waals surface area contributed by atoms with Gasteiger partial charge in [0.05, 0.1) is 56.7 Å². The molecule has 3 heterocycles. The van der Waals surface area contributed by atoms with Crippen LogP contribution in [0.4, 0.5) is 0 Å². The van der Waals surface area contributed by atoms with Crippen molar-refractivity contribution in [2.75, 3.05) is 39.3 Å². The number of allylic oxidation sites excluding steroid dienone is 2. The van der Waals surface area contributed by atoms with E-state index in [1.807, 2.05) is 4.90 Å². The van der Waals surface area contributed by atoms with Gasteiger partial charge in [0.25, 0.3) is 5.91 Å². The van der Waals surface area contributed by atoms with Crippen molar-refractivity contribution in [3.05, 3.63) is 42.2 Å². The molecule has 0 spiro atoms. The summed E-state index contributed by atoms with van der Waals surface area (Å²) in [5, 5.41) is 0. The molecule has 2 aliphatic carbocycles. The number of aromatic nitrogens is 1. The Morgan fingerprint density at radius 2 is 1.79 bits per heavy atom. The zero-order valence-electron chi connectivity index (χ0n) is 15.8. The predicted molar refractivity (Wildman–Crippen MR) is 100 cm³/mol. The van der Waals surface area contributed by atoms with Crippen LogP contribution in [-0.4, -0.2) is 71.8 Å². The summed E-state index contributed by atoms with van der Waals surface area (Å²) in [4.78, 5) is 46.8. The highest BCUT2D eigenvalue weighted by Gasteiger charge is 2.59. The molecule has 4 atom stereocenters. The van der Waals surface area contributed by atoms with E-state index in [4.69, 9.17) is 0 Å². The minimum Gasteiger partial charge on any atom is -0.331 e. The molecule has 3 fully saturated rings. The second-order valence-corrected chi connectivity index (χ2v) is 8.36. The molecule has 2 bridgehead atoms. The van der Waals surface area contributed by atoms with Crippen LogP contribution < -0.4 is 4.90 Å². The van der Waals surface area contributed by atoms with E-state index in [1.165, 1.54) is 9.80 Å². The Hall–Kier alpha value is -2.54. The van der Waals surface area contributed by atoms with Crippen molar-refractivity contribution in [2.45, 2.75) is 6.42 Å². The third-order valence-corrected chi connectivity index (χ3v) is 6.92. The van der Waals surface area contributed by atoms with Crippen molar-refractivity contribution in [2.24, 2.45) is 23.7 Å². The van der Waals surface area contributed by atoms with Crippen molar-refractivity contribution in [3.63, 3.8) is 0 Å². The van der Waals surface area contributed by atoms with Crippen LogP contribution in [0.15, 0.2) is 36.7 Å². The lowest BCUT2D eigenvalue weighted by Crippen LogP contribution is -3.15. The maximum atomic E-state index is 12.8. The first kappa shape index (κ1) is 17.6. The fraction of sp³-hybridized carbons (Fsp3) is 0.524. The predicted octanol–water partition coefficient (Wildman–Crippen LogP) is -0.771. The average molecular weight is 381 g/mol. The lowest BCUT2D eigenvalue weighted by molar-refractivity contribution is -0.903. The number of pyridine rings is 1. The quantitative estimate of drug-likeness (QED) is 0.549. The summed E-state index contributed by atoms with van der Waals surface area (Å²) in [6, 6.07) is 3.56. The molecule has 2 saturated heterocycles. The Balaban J connectivity index is 1.14. The molecule has 0 radical (unpaired) electrons. The number of carbonyl (C=O) groups excluding carboxylic acids is 3. The van der Waals surface area contributed by atoms with E-state index in [0.29, 0.717) is 25.2 Å². The van der Waals surface area contributed by atoms with Crippen molar-refractivity contribution in [3.8, 4) is 0 Å². The average Bonchev–Trinajstić information content (AvgIpc) is 3.41. The number of hydrogen-bond donors (Lipinski definition) is 1. The van der Waals surface area contributed by atoms with Gasteiger partial charge in [-0.25, -0.2) is 0 Å². The van der Waals surface area contributed by atoms with Gasteiger partial charge in [0, 0.05) is 12.4 Å². The molecule has 1 saturated carbocycles. The third-order valence-electron chi connectivity index (χ3n) is 6.92. The van der Waals surface area contributed by atoms with Gasteiger partial charge >= 0.3 is 0 Å². The summed E-state index contributed by atoms with van der Waals surface area (Å²) in [5.41, 5.74) is 0.619. The molecule has 1 N–H and O–H groups in total. The summed E-state index contributed by atoms with van der Waals surface area (Å²) >= 11 is 0. The molecule has 146 valence electrons. The number of hydrogen-bond acceptors (Lipinski definition) is 4. The Labute approximate surface area is 164 Å². The standard InChI is InChI=1S/C21H24N4O3/c26-19(16-2-1-5-22-13-16)24-9-6-23(7-10-24)8-11-25-20(27)17-14-3-4-15(12-14)18(17)21(25)28/h1-5,13-15,17-18H,6-12H2/p+1. The highest BCUT2D eigenvalue weighted by molar-refractivity contribution is 6.06. The number of piperazine rings is 1. The van der Waals surface area contributed by atoms with E-state index in [0.717, 1.165) is 26.1 Å². The molecule has 5 rings (SSSR count). The van der Waals surface area contributed by atoms with Crippen LogP contribution in [-0.2, 0) is 9.59 Å². The molecule has 4 aliphatic rings. The van der Waals surface area contributed by atoms with Crippen molar-refractivity contribution < 1.29 is 19.3 Å². The van der Waals surface area contributed by atoms with Crippen molar-refractivity contribution >= 4 is 17.7 Å². The maximum absolute atomic E-state index is 12.8. The van der Waals surface area contributed by atoms with E-state index in [2.05, 4.69) is 17.1 Å². The summed E-state index contributed by atoms with van der Waals surface area (Å²) in [7, 11) is 0. The van der Waals surface area contributed by atoms with Crippen LogP contribution in [0.2, 0.25) is 0 Å². The summed E-state index contributed by atoms with van der Waals surface area (Å²) in [6.07, 6.45) is 8.49. The van der Waals surface area contributed by atoms with Gasteiger partial charge in [-0.1, -0.05) is 12.2 Å². The van der Waals surface area contributed by atoms with Crippen LogP contribution in [0.5, 0.6) is 0 Å². The number of fused-ring (bicyclic) bond motifs is 5. The normalized spacial score (nSPS) is 31.7. The van der Waals surface area contributed by atoms with E-state index in [-0.39, 0.29) is 41.4 Å². The number of imide groups is 1. The van der Waals surface area contributed by atoms with Crippen molar-refractivity contribution in [1.29, 1.82) is 0 Å². The number of amides is 3. The smallest absolute Gasteiger partial charge is 0.255 e. The van der Waals surface area contributed by atoms with Crippen LogP contribution in [0, 0.1) is 23.7 Å². The topological polar surface area (TPSA) is 75.0 Å². The molecule has 4 unspecified atom stereocenters. The van der Waals surface area contributed by atoms with Crippen LogP contribution in [0.3, 0.4) is 0 Å². The first-order valence-corrected chi connectivity index (χ1v) is 10.2. The van der Waals surface area contributed by atoms with Gasteiger partial charge in [-0.15, -0.1) is 0 Å². The highest BCUT2D eigenvalue weighted by atomic mass is 16.2. The Morgan fingerprint density at radius 1 is 1.11 bits per heavy atom. The van der Waals surface area contributed by atoms with Gasteiger partial charge in [-0.3, -0.25) is 24.3 Å². The Morgan fingerprint density at radius 3 is 2.39 bits per heavy atom. The first-order chi connectivity index (χ1) is 13.6. The molecule has 7 nitrogen and oxygen atoms in total. The first-order valence-electron chi connectivity index (χ1n) is 10.2. The third kappa shape index (κ3) is 2.76. The zero-order chi connectivity index (χ0) is 19.3. The van der Waals surface area contributed by atoms with Gasteiger partial charge in [-0.2, -0.15) is 0 Å². The van der Waals surface area contributed by atoms with Gasteiger partial charge < -0.3 is 9.80 Å². The van der Waals surface area contributed by atoms with Crippen LogP contribution >= 0.6 is 0 Å². The second-order valence-electron chi connectivity index (χ2n) is 8.36. The largest absolute Gasteiger partial charge is 0.331 e. The van der Waals surface area contributed by atoms with Gasteiger partial charge in [0.15, 0.2) is 0 Å². The number of nitrogens with zero attached hydrogens (tertiary/aromatic N) is 3. The molecule has 28 heavy (non-hydrogen) atoms. The Bertz CT molecular complexity index is 801. The van der Waals surface area contributed by atoms with E-state index in [1.54, 1.807) is 24.5 Å². The molecule has 2 aliphatic heterocycles. The summed E-state index contributed by atoms with van der Waals surface area (Å²) in [5.74, 6) is 0.427. The number of likely N-dealkylation sites (tertiary alicyclic amines) is 1. The highest BCUT2D eigenvalue weighted by Crippen LogP contribution is 2.52. The lowest BCUT2D eigenvalue weighted by atomic mass is 9.85. The fourth-order valence-electron chi connectivity index (χ4n) is 5.40. The van der Waals surface area contributed by atoms with E-state index >= 15 is 0 Å². The van der Waals surface area contributed by atoms with E-state index < -0.39 is 0 Å². The van der Waals surface area contributed by atoms with Crippen molar-refractivity contribution in [1.82, 2.24) is 14.8 Å². The van der Waals surface area contributed by atoms with Crippen LogP contribution in [0.1, 0.15) is 16.8 Å². The molecule has 0 aromatic carbocycles. The molecular formula is C21H25N4O3+. The zero-order valence-corrected chi connectivity index (χ0v) is 15.8. The minimum atomic E-state index is -0.105. The maximum Gasteiger partial charge on any atom is 0.255 e. The van der Waals surface area contributed by atoms with E-state index in [9.17, 15) is 14.4 Å². The molecular weight excluding hydrogens is 356 g/mol. The Kier molecular flexibility index (Phi) is 4.27. The second kappa shape index (κ2) is 6.81. The van der Waals surface area contributed by atoms with Crippen LogP contribution in [0.25, 0.3) is 0 Å². The lowest BCUT2D eigenvalue weighted by Gasteiger charge is -2.33. The number of nitrogens with one attached hydrogen (secondary N) is 1. The molecule has 1 aromatic heterocycles. The fourth-order valence-corrected chi connectivity index (χ4v) is 5.40. The molecule has 3 amide bonds. The number of quaternary nitrogens is 1. The van der Waals surface area contributed by atoms with Gasteiger partial charge in [0.1, 0.15) is 0 Å². The van der Waals surface area contributed by atoms with Gasteiger partial charge in [0.2, 0.25) is 11.8 Å². The SMILES string of the molecule is O=C(c1cccnc1)N1CC[NH+](CCN2C(=O)C3C4C=CC(C4)C3C2=O)CC1. The minimum absolute atomic E-state index is 0.0212. The number of carbonyl (C=O) groups is 3. The monoisotopic (exact) mass is 381 g/mol. The molecule has 7 heteroatoms. The molecule has 1 aromatic rings. The van der Waals surface area contributed by atoms with Gasteiger partial charge in [-0.05, 0) is 30.4 Å².